The van der Waals surface area contributed by atoms with Crippen molar-refractivity contribution in [2.24, 2.45) is 0 Å². The number of anilines is 1. The lowest BCUT2D eigenvalue weighted by atomic mass is 10.2. The van der Waals surface area contributed by atoms with E-state index in [1.807, 2.05) is 0 Å². The monoisotopic (exact) mass is 210 g/mol. The Kier molecular flexibility index (Phi) is 3.38. The Hall–Kier alpha value is -1.91. The molecule has 0 radical (unpaired) electrons. The molecule has 1 aromatic rings. The van der Waals surface area contributed by atoms with Crippen LogP contribution in [0.4, 0.5) is 10.2 Å². The quantitative estimate of drug-likeness (QED) is 0.745. The molecule has 0 spiro atoms. The van der Waals surface area contributed by atoms with Crippen LogP contribution in [0.2, 0.25) is 0 Å². The van der Waals surface area contributed by atoms with E-state index < -0.39 is 17.3 Å². The lowest BCUT2D eigenvalue weighted by molar-refractivity contribution is 0.0692. The summed E-state index contributed by atoms with van der Waals surface area (Å²) < 4.78 is 13.5. The minimum Gasteiger partial charge on any atom is -0.478 e. The van der Waals surface area contributed by atoms with Crippen molar-refractivity contribution in [2.75, 3.05) is 5.32 Å². The van der Waals surface area contributed by atoms with Crippen LogP contribution in [0, 0.1) is 5.82 Å². The van der Waals surface area contributed by atoms with Gasteiger partial charge in [0.05, 0.1) is 0 Å². The van der Waals surface area contributed by atoms with Crippen LogP contribution in [0.5, 0.6) is 0 Å². The highest BCUT2D eigenvalue weighted by atomic mass is 19.1. The van der Waals surface area contributed by atoms with Crippen LogP contribution < -0.4 is 5.32 Å². The molecule has 1 aromatic heterocycles. The number of hydrogen-bond donors (Lipinski definition) is 2. The molecule has 1 rings (SSSR count). The maximum Gasteiger partial charge on any atom is 0.338 e. The van der Waals surface area contributed by atoms with Crippen LogP contribution in [-0.2, 0) is 0 Å². The number of carboxylic acids is 1. The first-order chi connectivity index (χ1) is 7.06. The molecule has 0 fully saturated rings. The van der Waals surface area contributed by atoms with Gasteiger partial charge in [0.25, 0.3) is 0 Å². The van der Waals surface area contributed by atoms with E-state index in [4.69, 9.17) is 5.11 Å². The molecule has 0 saturated carbocycles. The molecule has 5 heteroatoms. The third kappa shape index (κ3) is 2.52. The molecule has 0 aliphatic carbocycles. The lowest BCUT2D eigenvalue weighted by Gasteiger charge is -2.11. The van der Waals surface area contributed by atoms with Crippen LogP contribution >= 0.6 is 0 Å². The van der Waals surface area contributed by atoms with E-state index in [0.29, 0.717) is 0 Å². The Balaban J connectivity index is 3.04. The third-order valence-corrected chi connectivity index (χ3v) is 1.84. The summed E-state index contributed by atoms with van der Waals surface area (Å²) in [5.41, 5.74) is -0.399. The summed E-state index contributed by atoms with van der Waals surface area (Å²) in [5.74, 6) is -2.26. The maximum atomic E-state index is 13.5. The zero-order chi connectivity index (χ0) is 11.4. The van der Waals surface area contributed by atoms with Crippen molar-refractivity contribution in [3.05, 3.63) is 36.3 Å². The summed E-state index contributed by atoms with van der Waals surface area (Å²) >= 11 is 0. The zero-order valence-electron chi connectivity index (χ0n) is 8.20. The van der Waals surface area contributed by atoms with E-state index in [0.717, 1.165) is 6.07 Å². The van der Waals surface area contributed by atoms with Crippen molar-refractivity contribution in [3.63, 3.8) is 0 Å². The van der Waals surface area contributed by atoms with E-state index in [2.05, 4.69) is 16.9 Å². The molecule has 1 heterocycles. The SMILES string of the molecule is C=CC(C)Nc1nccc(C(=O)O)c1F. The van der Waals surface area contributed by atoms with E-state index in [1.165, 1.54) is 6.20 Å². The number of aromatic nitrogens is 1. The van der Waals surface area contributed by atoms with Crippen molar-refractivity contribution in [3.8, 4) is 0 Å². The number of nitrogens with zero attached hydrogens (tertiary/aromatic N) is 1. The smallest absolute Gasteiger partial charge is 0.338 e. The minimum atomic E-state index is -1.32. The fourth-order valence-electron chi connectivity index (χ4n) is 0.984. The summed E-state index contributed by atoms with van der Waals surface area (Å²) in [5, 5.41) is 11.4. The maximum absolute atomic E-state index is 13.5. The van der Waals surface area contributed by atoms with Gasteiger partial charge < -0.3 is 10.4 Å². The first-order valence-electron chi connectivity index (χ1n) is 4.33. The molecule has 0 aromatic carbocycles. The van der Waals surface area contributed by atoms with Crippen LogP contribution in [0.15, 0.2) is 24.9 Å². The average molecular weight is 210 g/mol. The van der Waals surface area contributed by atoms with Crippen LogP contribution in [-0.4, -0.2) is 22.1 Å². The van der Waals surface area contributed by atoms with Gasteiger partial charge in [0.15, 0.2) is 11.6 Å². The molecule has 80 valence electrons. The number of pyridine rings is 1. The molecule has 0 saturated heterocycles. The number of nitrogens with one attached hydrogen (secondary N) is 1. The van der Waals surface area contributed by atoms with Crippen LogP contribution in [0.1, 0.15) is 17.3 Å². The molecular weight excluding hydrogens is 199 g/mol. The van der Waals surface area contributed by atoms with Gasteiger partial charge in [-0.15, -0.1) is 6.58 Å². The van der Waals surface area contributed by atoms with Gasteiger partial charge in [0.1, 0.15) is 5.56 Å². The topological polar surface area (TPSA) is 62.2 Å². The van der Waals surface area contributed by atoms with Crippen LogP contribution in [0.25, 0.3) is 0 Å². The molecule has 0 aliphatic rings. The second kappa shape index (κ2) is 4.54. The Morgan fingerprint density at radius 1 is 1.80 bits per heavy atom. The molecular formula is C10H11FN2O2. The van der Waals surface area contributed by atoms with Gasteiger partial charge in [0, 0.05) is 12.2 Å². The lowest BCUT2D eigenvalue weighted by Crippen LogP contribution is -2.15. The Labute approximate surface area is 86.5 Å². The van der Waals surface area contributed by atoms with Crippen LogP contribution in [0.3, 0.4) is 0 Å². The van der Waals surface area contributed by atoms with Crippen molar-refractivity contribution in [2.45, 2.75) is 13.0 Å². The molecule has 0 bridgehead atoms. The second-order valence-corrected chi connectivity index (χ2v) is 2.99. The fraction of sp³-hybridized carbons (Fsp3) is 0.200. The van der Waals surface area contributed by atoms with Gasteiger partial charge in [-0.1, -0.05) is 6.08 Å². The van der Waals surface area contributed by atoms with E-state index in [-0.39, 0.29) is 11.9 Å². The molecule has 2 N–H and O–H groups in total. The molecule has 1 unspecified atom stereocenters. The highest BCUT2D eigenvalue weighted by molar-refractivity contribution is 5.88. The summed E-state index contributed by atoms with van der Waals surface area (Å²) in [4.78, 5) is 14.3. The number of carboxylic acid groups (broad SMARTS) is 1. The van der Waals surface area contributed by atoms with Gasteiger partial charge in [-0.2, -0.15) is 0 Å². The number of aromatic carboxylic acids is 1. The van der Waals surface area contributed by atoms with E-state index in [9.17, 15) is 9.18 Å². The van der Waals surface area contributed by atoms with E-state index >= 15 is 0 Å². The average Bonchev–Trinajstić information content (AvgIpc) is 2.20. The second-order valence-electron chi connectivity index (χ2n) is 2.99. The summed E-state index contributed by atoms with van der Waals surface area (Å²) in [6, 6.07) is 0.928. The van der Waals surface area contributed by atoms with Crippen molar-refractivity contribution in [1.82, 2.24) is 4.98 Å². The molecule has 1 atom stereocenters. The predicted molar refractivity (Wildman–Crippen MR) is 54.4 cm³/mol. The number of halogens is 1. The Bertz CT molecular complexity index is 393. The van der Waals surface area contributed by atoms with Gasteiger partial charge in [-0.25, -0.2) is 14.2 Å². The Morgan fingerprint density at radius 3 is 3.00 bits per heavy atom. The van der Waals surface area contributed by atoms with Gasteiger partial charge >= 0.3 is 5.97 Å². The molecule has 0 amide bonds. The first-order valence-corrected chi connectivity index (χ1v) is 4.33. The third-order valence-electron chi connectivity index (χ3n) is 1.84. The normalized spacial score (nSPS) is 11.9. The number of rotatable bonds is 4. The van der Waals surface area contributed by atoms with E-state index in [1.54, 1.807) is 13.0 Å². The number of carbonyl (C=O) groups is 1. The summed E-state index contributed by atoms with van der Waals surface area (Å²) in [6.07, 6.45) is 2.80. The van der Waals surface area contributed by atoms with Gasteiger partial charge in [0.2, 0.25) is 0 Å². The van der Waals surface area contributed by atoms with Gasteiger partial charge in [-0.05, 0) is 13.0 Å². The molecule has 15 heavy (non-hydrogen) atoms. The van der Waals surface area contributed by atoms with Crippen molar-refractivity contribution < 1.29 is 14.3 Å². The molecule has 4 nitrogen and oxygen atoms in total. The minimum absolute atomic E-state index is 0.0812. The zero-order valence-corrected chi connectivity index (χ0v) is 8.20. The first kappa shape index (κ1) is 11.2. The summed E-state index contributed by atoms with van der Waals surface area (Å²) in [6.45, 7) is 5.27. The predicted octanol–water partition coefficient (Wildman–Crippen LogP) is 1.91. The largest absolute Gasteiger partial charge is 0.478 e. The Morgan fingerprint density at radius 2 is 2.47 bits per heavy atom. The fourth-order valence-corrected chi connectivity index (χ4v) is 0.984. The van der Waals surface area contributed by atoms with Crippen molar-refractivity contribution >= 4 is 11.8 Å². The summed E-state index contributed by atoms with van der Waals surface area (Å²) in [7, 11) is 0. The van der Waals surface area contributed by atoms with Gasteiger partial charge in [-0.3, -0.25) is 0 Å². The standard InChI is InChI=1S/C10H11FN2O2/c1-3-6(2)13-9-8(11)7(10(14)15)4-5-12-9/h3-6H,1H2,2H3,(H,12,13)(H,14,15). The highest BCUT2D eigenvalue weighted by Crippen LogP contribution is 2.15. The molecule has 0 aliphatic heterocycles. The number of hydrogen-bond acceptors (Lipinski definition) is 3. The highest BCUT2D eigenvalue weighted by Gasteiger charge is 2.15. The van der Waals surface area contributed by atoms with Crippen molar-refractivity contribution in [1.29, 1.82) is 0 Å².